The third-order valence-corrected chi connectivity index (χ3v) is 4.14. The molecule has 0 spiro atoms. The van der Waals surface area contributed by atoms with E-state index in [1.807, 2.05) is 18.2 Å². The van der Waals surface area contributed by atoms with E-state index in [1.165, 1.54) is 7.11 Å². The van der Waals surface area contributed by atoms with E-state index in [0.29, 0.717) is 12.2 Å². The Kier molecular flexibility index (Phi) is 5.30. The van der Waals surface area contributed by atoms with Crippen LogP contribution in [0.5, 0.6) is 5.75 Å². The molecule has 21 heavy (non-hydrogen) atoms. The maximum atomic E-state index is 11.4. The monoisotopic (exact) mass is 416 g/mol. The van der Waals surface area contributed by atoms with Crippen LogP contribution in [-0.4, -0.2) is 25.2 Å². The van der Waals surface area contributed by atoms with Crippen molar-refractivity contribution in [3.05, 3.63) is 44.6 Å². The molecule has 2 aromatic rings. The second-order valence-electron chi connectivity index (χ2n) is 4.21. The zero-order valence-corrected chi connectivity index (χ0v) is 14.7. The molecule has 2 N–H and O–H groups in total. The van der Waals surface area contributed by atoms with Crippen LogP contribution in [0.4, 0.5) is 5.69 Å². The first-order valence-electron chi connectivity index (χ1n) is 6.08. The summed E-state index contributed by atoms with van der Waals surface area (Å²) in [5.74, 6) is 0.357. The van der Waals surface area contributed by atoms with E-state index in [1.54, 1.807) is 13.2 Å². The first-order valence-corrected chi connectivity index (χ1v) is 7.67. The molecule has 0 radical (unpaired) electrons. The van der Waals surface area contributed by atoms with Gasteiger partial charge in [0.25, 0.3) is 0 Å². The number of H-pyrrole nitrogens is 1. The molecule has 0 aliphatic rings. The normalized spacial score (nSPS) is 10.3. The molecule has 1 aromatic carbocycles. The third-order valence-electron chi connectivity index (χ3n) is 2.86. The number of carbonyl (C=O) groups is 1. The molecule has 0 saturated heterocycles. The summed E-state index contributed by atoms with van der Waals surface area (Å²) in [5.41, 5.74) is 2.20. The lowest BCUT2D eigenvalue weighted by Gasteiger charge is -2.11. The number of halogens is 2. The molecule has 1 aromatic heterocycles. The number of esters is 1. The number of benzene rings is 1. The van der Waals surface area contributed by atoms with Gasteiger partial charge in [0.1, 0.15) is 11.4 Å². The summed E-state index contributed by atoms with van der Waals surface area (Å²) in [4.78, 5) is 14.4. The van der Waals surface area contributed by atoms with Crippen molar-refractivity contribution in [2.45, 2.75) is 6.54 Å². The van der Waals surface area contributed by atoms with Gasteiger partial charge in [0, 0.05) is 16.2 Å². The van der Waals surface area contributed by atoms with Gasteiger partial charge in [-0.1, -0.05) is 0 Å². The number of carbonyl (C=O) groups excluding carboxylic acids is 1. The lowest BCUT2D eigenvalue weighted by Crippen LogP contribution is -2.04. The SMILES string of the molecule is COC(=O)c1ccc(CNc2cc(OC)c(Br)cc2Br)[nH]1. The lowest BCUT2D eigenvalue weighted by molar-refractivity contribution is 0.0594. The van der Waals surface area contributed by atoms with Crippen LogP contribution in [0, 0.1) is 0 Å². The summed E-state index contributed by atoms with van der Waals surface area (Å²) in [6.07, 6.45) is 0. The zero-order chi connectivity index (χ0) is 15.4. The molecule has 0 saturated carbocycles. The van der Waals surface area contributed by atoms with Crippen molar-refractivity contribution in [3.8, 4) is 5.75 Å². The van der Waals surface area contributed by atoms with E-state index in [4.69, 9.17) is 4.74 Å². The van der Waals surface area contributed by atoms with Gasteiger partial charge in [0.2, 0.25) is 0 Å². The van der Waals surface area contributed by atoms with Crippen molar-refractivity contribution >= 4 is 43.5 Å². The van der Waals surface area contributed by atoms with E-state index in [0.717, 1.165) is 26.1 Å². The zero-order valence-electron chi connectivity index (χ0n) is 11.5. The first-order chi connectivity index (χ1) is 10.0. The second kappa shape index (κ2) is 7.00. The lowest BCUT2D eigenvalue weighted by atomic mass is 10.3. The Balaban J connectivity index is 2.09. The molecule has 7 heteroatoms. The summed E-state index contributed by atoms with van der Waals surface area (Å²) in [5, 5.41) is 3.27. The van der Waals surface area contributed by atoms with E-state index >= 15 is 0 Å². The average Bonchev–Trinajstić information content (AvgIpc) is 2.94. The van der Waals surface area contributed by atoms with Crippen molar-refractivity contribution in [2.24, 2.45) is 0 Å². The number of ether oxygens (including phenoxy) is 2. The van der Waals surface area contributed by atoms with E-state index in [9.17, 15) is 4.79 Å². The number of nitrogens with one attached hydrogen (secondary N) is 2. The van der Waals surface area contributed by atoms with Crippen LogP contribution in [0.15, 0.2) is 33.2 Å². The maximum Gasteiger partial charge on any atom is 0.354 e. The van der Waals surface area contributed by atoms with Crippen LogP contribution in [-0.2, 0) is 11.3 Å². The number of hydrogen-bond donors (Lipinski definition) is 2. The van der Waals surface area contributed by atoms with Gasteiger partial charge in [-0.15, -0.1) is 0 Å². The van der Waals surface area contributed by atoms with Gasteiger partial charge in [-0.3, -0.25) is 0 Å². The minimum absolute atomic E-state index is 0.382. The number of aromatic nitrogens is 1. The molecule has 5 nitrogen and oxygen atoms in total. The fourth-order valence-corrected chi connectivity index (χ4v) is 3.08. The van der Waals surface area contributed by atoms with Gasteiger partial charge in [-0.25, -0.2) is 4.79 Å². The summed E-state index contributed by atoms with van der Waals surface area (Å²) in [7, 11) is 2.97. The molecule has 0 unspecified atom stereocenters. The van der Waals surface area contributed by atoms with Gasteiger partial charge in [0.05, 0.1) is 30.9 Å². The number of rotatable bonds is 5. The fraction of sp³-hybridized carbons (Fsp3) is 0.214. The quantitative estimate of drug-likeness (QED) is 0.723. The van der Waals surface area contributed by atoms with Gasteiger partial charge < -0.3 is 19.8 Å². The van der Waals surface area contributed by atoms with Crippen LogP contribution >= 0.6 is 31.9 Å². The Morgan fingerprint density at radius 3 is 2.67 bits per heavy atom. The van der Waals surface area contributed by atoms with Crippen molar-refractivity contribution in [1.29, 1.82) is 0 Å². The second-order valence-corrected chi connectivity index (χ2v) is 5.92. The Bertz CT molecular complexity index is 656. The van der Waals surface area contributed by atoms with Crippen LogP contribution in [0.25, 0.3) is 0 Å². The molecule has 0 atom stereocenters. The highest BCUT2D eigenvalue weighted by atomic mass is 79.9. The van der Waals surface area contributed by atoms with Crippen molar-refractivity contribution < 1.29 is 14.3 Å². The van der Waals surface area contributed by atoms with Crippen molar-refractivity contribution in [2.75, 3.05) is 19.5 Å². The predicted molar refractivity (Wildman–Crippen MR) is 87.9 cm³/mol. The number of aromatic amines is 1. The van der Waals surface area contributed by atoms with Gasteiger partial charge >= 0.3 is 5.97 Å². The Morgan fingerprint density at radius 1 is 1.24 bits per heavy atom. The van der Waals surface area contributed by atoms with Gasteiger partial charge in [-0.05, 0) is 50.1 Å². The van der Waals surface area contributed by atoms with Gasteiger partial charge in [0.15, 0.2) is 0 Å². The van der Waals surface area contributed by atoms with E-state index in [2.05, 4.69) is 46.9 Å². The number of hydrogen-bond acceptors (Lipinski definition) is 4. The van der Waals surface area contributed by atoms with E-state index in [-0.39, 0.29) is 5.97 Å². The molecule has 0 aliphatic carbocycles. The summed E-state index contributed by atoms with van der Waals surface area (Å²) >= 11 is 6.92. The molecule has 112 valence electrons. The smallest absolute Gasteiger partial charge is 0.354 e. The number of anilines is 1. The summed E-state index contributed by atoms with van der Waals surface area (Å²) in [6, 6.07) is 7.33. The minimum atomic E-state index is -0.382. The molecule has 0 amide bonds. The Hall–Kier alpha value is -1.47. The standard InChI is InChI=1S/C14H14Br2N2O3/c1-20-13-6-12(9(15)5-10(13)16)17-7-8-3-4-11(18-8)14(19)21-2/h3-6,17-18H,7H2,1-2H3. The van der Waals surface area contributed by atoms with Crippen LogP contribution in [0.3, 0.4) is 0 Å². The van der Waals surface area contributed by atoms with Gasteiger partial charge in [-0.2, -0.15) is 0 Å². The predicted octanol–water partition coefficient (Wildman–Crippen LogP) is 3.95. The van der Waals surface area contributed by atoms with Crippen molar-refractivity contribution in [3.63, 3.8) is 0 Å². The molecular formula is C14H14Br2N2O3. The van der Waals surface area contributed by atoms with Crippen LogP contribution < -0.4 is 10.1 Å². The molecule has 2 rings (SSSR count). The van der Waals surface area contributed by atoms with E-state index < -0.39 is 0 Å². The highest BCUT2D eigenvalue weighted by Crippen LogP contribution is 2.34. The van der Waals surface area contributed by atoms with Crippen molar-refractivity contribution in [1.82, 2.24) is 4.98 Å². The Labute approximate surface area is 139 Å². The van der Waals surface area contributed by atoms with Crippen LogP contribution in [0.2, 0.25) is 0 Å². The Morgan fingerprint density at radius 2 is 2.00 bits per heavy atom. The fourth-order valence-electron chi connectivity index (χ4n) is 1.78. The first kappa shape index (κ1) is 15.9. The molecular weight excluding hydrogens is 404 g/mol. The molecule has 0 fully saturated rings. The third kappa shape index (κ3) is 3.79. The highest BCUT2D eigenvalue weighted by molar-refractivity contribution is 9.11. The largest absolute Gasteiger partial charge is 0.495 e. The number of methoxy groups -OCH3 is 2. The topological polar surface area (TPSA) is 63.4 Å². The highest BCUT2D eigenvalue weighted by Gasteiger charge is 2.10. The average molecular weight is 418 g/mol. The van der Waals surface area contributed by atoms with Crippen LogP contribution in [0.1, 0.15) is 16.2 Å². The summed E-state index contributed by atoms with van der Waals surface area (Å²) < 4.78 is 11.7. The molecule has 0 bridgehead atoms. The summed E-state index contributed by atoms with van der Waals surface area (Å²) in [6.45, 7) is 0.542. The maximum absolute atomic E-state index is 11.4. The minimum Gasteiger partial charge on any atom is -0.495 e. The molecule has 0 aliphatic heterocycles. The molecule has 1 heterocycles.